The van der Waals surface area contributed by atoms with Gasteiger partial charge in [-0.25, -0.2) is 4.98 Å². The molecule has 5 rings (SSSR count). The van der Waals surface area contributed by atoms with Crippen molar-refractivity contribution in [1.82, 2.24) is 24.6 Å². The Morgan fingerprint density at radius 3 is 3.08 bits per heavy atom. The molecule has 4 heterocycles. The zero-order valence-corrected chi connectivity index (χ0v) is 13.8. The Hall–Kier alpha value is -2.88. The largest absolute Gasteiger partial charge is 0.346 e. The molecule has 0 aromatic carbocycles. The molecule has 1 aliphatic heterocycles. The number of pyridine rings is 1. The number of carbonyl (C=O) groups excluding carboxylic acids is 1. The third kappa shape index (κ3) is 2.07. The van der Waals surface area contributed by atoms with Crippen LogP contribution in [0, 0.1) is 16.7 Å². The fourth-order valence-electron chi connectivity index (χ4n) is 3.96. The minimum Gasteiger partial charge on any atom is -0.346 e. The molecule has 1 amide bonds. The van der Waals surface area contributed by atoms with Crippen molar-refractivity contribution in [2.24, 2.45) is 5.41 Å². The molecule has 0 spiro atoms. The maximum atomic E-state index is 12.7. The van der Waals surface area contributed by atoms with E-state index in [0.29, 0.717) is 19.4 Å². The Morgan fingerprint density at radius 1 is 1.40 bits per heavy atom. The van der Waals surface area contributed by atoms with Crippen molar-refractivity contribution in [2.45, 2.75) is 31.7 Å². The van der Waals surface area contributed by atoms with Crippen LogP contribution in [0.25, 0.3) is 21.9 Å². The zero-order valence-electron chi connectivity index (χ0n) is 13.8. The number of aromatic amines is 1. The summed E-state index contributed by atoms with van der Waals surface area (Å²) >= 11 is 0. The van der Waals surface area contributed by atoms with E-state index in [0.717, 1.165) is 41.3 Å². The van der Waals surface area contributed by atoms with Gasteiger partial charge in [-0.1, -0.05) is 0 Å². The minimum absolute atomic E-state index is 0.00428. The van der Waals surface area contributed by atoms with E-state index >= 15 is 0 Å². The summed E-state index contributed by atoms with van der Waals surface area (Å²) < 4.78 is 2.04. The minimum atomic E-state index is -0.744. The number of fused-ring (bicyclic) bond motifs is 3. The molecule has 1 atom stereocenters. The first kappa shape index (κ1) is 14.5. The van der Waals surface area contributed by atoms with E-state index in [-0.39, 0.29) is 11.9 Å². The van der Waals surface area contributed by atoms with Crippen LogP contribution >= 0.6 is 0 Å². The lowest BCUT2D eigenvalue weighted by atomic mass is 10.0. The van der Waals surface area contributed by atoms with Crippen molar-refractivity contribution in [3.63, 3.8) is 0 Å². The molecule has 3 aromatic rings. The summed E-state index contributed by atoms with van der Waals surface area (Å²) in [7, 11) is 0. The summed E-state index contributed by atoms with van der Waals surface area (Å²) in [5, 5.41) is 16.0. The number of nitrogens with one attached hydrogen (secondary N) is 1. The van der Waals surface area contributed by atoms with Gasteiger partial charge in [-0.2, -0.15) is 10.4 Å². The maximum absolute atomic E-state index is 12.7. The molecule has 7 heteroatoms. The number of amides is 1. The summed E-state index contributed by atoms with van der Waals surface area (Å²) in [5.41, 5.74) is 1.16. The highest BCUT2D eigenvalue weighted by Crippen LogP contribution is 2.47. The molecule has 1 N–H and O–H groups in total. The van der Waals surface area contributed by atoms with Gasteiger partial charge in [0.15, 0.2) is 0 Å². The molecule has 1 aliphatic carbocycles. The SMILES string of the molecule is N#CC1(C(=O)N2CCCC(n3ncc4cnc5[nH]ccc5c43)C2)CC1. The van der Waals surface area contributed by atoms with E-state index in [2.05, 4.69) is 21.1 Å². The molecule has 2 aliphatic rings. The first-order valence-corrected chi connectivity index (χ1v) is 8.72. The van der Waals surface area contributed by atoms with E-state index in [1.54, 1.807) is 0 Å². The highest BCUT2D eigenvalue weighted by molar-refractivity contribution is 6.02. The maximum Gasteiger partial charge on any atom is 0.243 e. The highest BCUT2D eigenvalue weighted by Gasteiger charge is 2.53. The number of nitrogens with zero attached hydrogens (tertiary/aromatic N) is 5. The number of hydrogen-bond donors (Lipinski definition) is 1. The number of hydrogen-bond acceptors (Lipinski definition) is 4. The average Bonchev–Trinajstić information content (AvgIpc) is 3.10. The van der Waals surface area contributed by atoms with Gasteiger partial charge >= 0.3 is 0 Å². The van der Waals surface area contributed by atoms with Gasteiger partial charge in [0.05, 0.1) is 23.8 Å². The lowest BCUT2D eigenvalue weighted by molar-refractivity contribution is -0.136. The first-order chi connectivity index (χ1) is 12.2. The molecule has 1 saturated carbocycles. The number of H-pyrrole nitrogens is 1. The third-order valence-corrected chi connectivity index (χ3v) is 5.54. The molecule has 25 heavy (non-hydrogen) atoms. The number of aromatic nitrogens is 4. The monoisotopic (exact) mass is 334 g/mol. The molecule has 0 bridgehead atoms. The summed E-state index contributed by atoms with van der Waals surface area (Å²) in [6, 6.07) is 4.37. The number of piperidine rings is 1. The van der Waals surface area contributed by atoms with Crippen LogP contribution < -0.4 is 0 Å². The quantitative estimate of drug-likeness (QED) is 0.779. The topological polar surface area (TPSA) is 90.6 Å². The van der Waals surface area contributed by atoms with Gasteiger partial charge < -0.3 is 9.88 Å². The van der Waals surface area contributed by atoms with Crippen molar-refractivity contribution < 1.29 is 4.79 Å². The molecule has 126 valence electrons. The lowest BCUT2D eigenvalue weighted by Crippen LogP contribution is -2.44. The summed E-state index contributed by atoms with van der Waals surface area (Å²) in [6.07, 6.45) is 8.86. The van der Waals surface area contributed by atoms with Crippen LogP contribution in [-0.4, -0.2) is 43.6 Å². The van der Waals surface area contributed by atoms with Crippen molar-refractivity contribution in [2.75, 3.05) is 13.1 Å². The Labute approximate surface area is 144 Å². The number of carbonyl (C=O) groups is 1. The standard InChI is InChI=1S/C18H18N6O/c19-11-18(4-5-18)17(25)23-7-1-2-13(10-23)24-15-12(9-22-24)8-21-16-14(15)3-6-20-16/h3,6,8-9,13H,1-2,4-5,7,10H2,(H,20,21). The van der Waals surface area contributed by atoms with Gasteiger partial charge in [0.2, 0.25) is 5.91 Å². The van der Waals surface area contributed by atoms with Crippen molar-refractivity contribution in [3.05, 3.63) is 24.7 Å². The Morgan fingerprint density at radius 2 is 2.28 bits per heavy atom. The van der Waals surface area contributed by atoms with Crippen LogP contribution in [0.4, 0.5) is 0 Å². The molecule has 1 unspecified atom stereocenters. The fraction of sp³-hybridized carbons (Fsp3) is 0.444. The fourth-order valence-corrected chi connectivity index (χ4v) is 3.96. The highest BCUT2D eigenvalue weighted by atomic mass is 16.2. The lowest BCUT2D eigenvalue weighted by Gasteiger charge is -2.34. The van der Waals surface area contributed by atoms with E-state index in [4.69, 9.17) is 0 Å². The summed E-state index contributed by atoms with van der Waals surface area (Å²) in [4.78, 5) is 22.1. The number of likely N-dealkylation sites (tertiary alicyclic amines) is 1. The van der Waals surface area contributed by atoms with E-state index in [1.807, 2.05) is 34.2 Å². The van der Waals surface area contributed by atoms with Gasteiger partial charge in [0, 0.05) is 36.3 Å². The van der Waals surface area contributed by atoms with Crippen LogP contribution in [0.1, 0.15) is 31.7 Å². The van der Waals surface area contributed by atoms with Crippen molar-refractivity contribution >= 4 is 27.8 Å². The van der Waals surface area contributed by atoms with E-state index in [1.165, 1.54) is 0 Å². The van der Waals surface area contributed by atoms with Crippen molar-refractivity contribution in [1.29, 1.82) is 5.26 Å². The van der Waals surface area contributed by atoms with Crippen LogP contribution in [-0.2, 0) is 4.79 Å². The first-order valence-electron chi connectivity index (χ1n) is 8.72. The predicted molar refractivity (Wildman–Crippen MR) is 91.5 cm³/mol. The van der Waals surface area contributed by atoms with Gasteiger partial charge in [0.1, 0.15) is 11.1 Å². The molecule has 2 fully saturated rings. The van der Waals surface area contributed by atoms with E-state index in [9.17, 15) is 10.1 Å². The molecular formula is C18H18N6O. The van der Waals surface area contributed by atoms with Gasteiger partial charge in [-0.15, -0.1) is 0 Å². The van der Waals surface area contributed by atoms with Crippen LogP contribution in [0.2, 0.25) is 0 Å². The molecule has 0 radical (unpaired) electrons. The summed E-state index contributed by atoms with van der Waals surface area (Å²) in [5.74, 6) is 0.00428. The van der Waals surface area contributed by atoms with Crippen LogP contribution in [0.3, 0.4) is 0 Å². The number of nitriles is 1. The summed E-state index contributed by atoms with van der Waals surface area (Å²) in [6.45, 7) is 1.35. The second-order valence-electron chi connectivity index (χ2n) is 7.13. The zero-order chi connectivity index (χ0) is 17.0. The molecule has 3 aromatic heterocycles. The Bertz CT molecular complexity index is 1020. The molecule has 1 saturated heterocycles. The Kier molecular flexibility index (Phi) is 2.93. The molecular weight excluding hydrogens is 316 g/mol. The van der Waals surface area contributed by atoms with Gasteiger partial charge in [-0.3, -0.25) is 9.48 Å². The van der Waals surface area contributed by atoms with Crippen LogP contribution in [0.5, 0.6) is 0 Å². The smallest absolute Gasteiger partial charge is 0.243 e. The van der Waals surface area contributed by atoms with Crippen LogP contribution in [0.15, 0.2) is 24.7 Å². The second-order valence-corrected chi connectivity index (χ2v) is 7.13. The Balaban J connectivity index is 1.51. The van der Waals surface area contributed by atoms with Crippen molar-refractivity contribution in [3.8, 4) is 6.07 Å². The average molecular weight is 334 g/mol. The second kappa shape index (κ2) is 5.06. The third-order valence-electron chi connectivity index (χ3n) is 5.54. The van der Waals surface area contributed by atoms with Gasteiger partial charge in [-0.05, 0) is 31.7 Å². The predicted octanol–water partition coefficient (Wildman–Crippen LogP) is 2.38. The normalized spacial score (nSPS) is 22.2. The van der Waals surface area contributed by atoms with Gasteiger partial charge in [0.25, 0.3) is 0 Å². The van der Waals surface area contributed by atoms with E-state index < -0.39 is 5.41 Å². The molecule has 7 nitrogen and oxygen atoms in total. The number of rotatable bonds is 2.